The minimum Gasteiger partial charge on any atom is -0.301 e. The molecule has 0 saturated heterocycles. The second kappa shape index (κ2) is 5.41. The van der Waals surface area contributed by atoms with E-state index in [2.05, 4.69) is 41.5 Å². The highest BCUT2D eigenvalue weighted by molar-refractivity contribution is 7.13. The van der Waals surface area contributed by atoms with Crippen molar-refractivity contribution in [2.24, 2.45) is 17.3 Å². The number of hydrogen-bond donors (Lipinski definition) is 1. The molecule has 2 aromatic rings. The van der Waals surface area contributed by atoms with Crippen LogP contribution in [0.3, 0.4) is 0 Å². The lowest BCUT2D eigenvalue weighted by molar-refractivity contribution is -0.143. The van der Waals surface area contributed by atoms with E-state index >= 15 is 0 Å². The van der Waals surface area contributed by atoms with Crippen molar-refractivity contribution in [3.05, 3.63) is 47.0 Å². The minimum absolute atomic E-state index is 0.194. The van der Waals surface area contributed by atoms with Gasteiger partial charge in [-0.3, -0.25) is 4.79 Å². The molecule has 130 valence electrons. The topological polar surface area (TPSA) is 42.0 Å². The molecule has 1 N–H and O–H groups in total. The average molecular weight is 353 g/mol. The van der Waals surface area contributed by atoms with Gasteiger partial charge in [-0.1, -0.05) is 29.8 Å². The molecule has 0 radical (unpaired) electrons. The molecule has 4 aliphatic carbocycles. The van der Waals surface area contributed by atoms with Gasteiger partial charge in [-0.2, -0.15) is 0 Å². The third-order valence-corrected chi connectivity index (χ3v) is 7.55. The molecule has 3 nitrogen and oxygen atoms in total. The number of anilines is 1. The van der Waals surface area contributed by atoms with E-state index in [1.165, 1.54) is 41.7 Å². The van der Waals surface area contributed by atoms with Crippen molar-refractivity contribution in [2.75, 3.05) is 5.32 Å². The number of carbonyl (C=O) groups excluding carboxylic acids is 1. The lowest BCUT2D eigenvalue weighted by Gasteiger charge is -2.61. The summed E-state index contributed by atoms with van der Waals surface area (Å²) in [6.07, 6.45) is 8.74. The number of aromatic nitrogens is 1. The number of amides is 1. The van der Waals surface area contributed by atoms with Crippen LogP contribution < -0.4 is 5.32 Å². The van der Waals surface area contributed by atoms with E-state index < -0.39 is 0 Å². The third-order valence-electron chi connectivity index (χ3n) is 6.86. The van der Waals surface area contributed by atoms with Gasteiger partial charge in [0.15, 0.2) is 5.13 Å². The van der Waals surface area contributed by atoms with Crippen molar-refractivity contribution < 1.29 is 4.79 Å². The second-order valence-electron chi connectivity index (χ2n) is 8.68. The molecule has 2 unspecified atom stereocenters. The Labute approximate surface area is 152 Å². The van der Waals surface area contributed by atoms with Gasteiger partial charge in [-0.05, 0) is 68.3 Å². The maximum atomic E-state index is 13.2. The quantitative estimate of drug-likeness (QED) is 0.851. The smallest absolute Gasteiger partial charge is 0.232 e. The van der Waals surface area contributed by atoms with Crippen molar-refractivity contribution in [2.45, 2.75) is 50.9 Å². The molecular weight excluding hydrogens is 328 g/mol. The van der Waals surface area contributed by atoms with Crippen LogP contribution in [0.2, 0.25) is 0 Å². The molecule has 4 atom stereocenters. The summed E-state index contributed by atoms with van der Waals surface area (Å²) < 4.78 is 0. The number of nitrogens with one attached hydrogen (secondary N) is 1. The van der Waals surface area contributed by atoms with E-state index in [4.69, 9.17) is 0 Å². The van der Waals surface area contributed by atoms with E-state index in [1.54, 1.807) is 6.20 Å². The van der Waals surface area contributed by atoms with Gasteiger partial charge < -0.3 is 5.32 Å². The highest BCUT2D eigenvalue weighted by Crippen LogP contribution is 2.66. The first-order valence-corrected chi connectivity index (χ1v) is 10.2. The molecule has 0 aliphatic heterocycles. The van der Waals surface area contributed by atoms with Crippen molar-refractivity contribution in [3.63, 3.8) is 0 Å². The molecule has 0 spiro atoms. The van der Waals surface area contributed by atoms with Crippen LogP contribution in [0.5, 0.6) is 0 Å². The maximum Gasteiger partial charge on any atom is 0.232 e. The molecule has 4 fully saturated rings. The molecule has 1 heterocycles. The predicted molar refractivity (Wildman–Crippen MR) is 101 cm³/mol. The van der Waals surface area contributed by atoms with E-state index in [9.17, 15) is 4.79 Å². The summed E-state index contributed by atoms with van der Waals surface area (Å²) in [6.45, 7) is 2.15. The van der Waals surface area contributed by atoms with Crippen molar-refractivity contribution in [3.8, 4) is 0 Å². The molecule has 4 heteroatoms. The van der Waals surface area contributed by atoms with Crippen LogP contribution in [0.25, 0.3) is 0 Å². The molecule has 4 bridgehead atoms. The van der Waals surface area contributed by atoms with Gasteiger partial charge in [0.2, 0.25) is 5.91 Å². The highest BCUT2D eigenvalue weighted by Gasteiger charge is 2.60. The van der Waals surface area contributed by atoms with Gasteiger partial charge in [0, 0.05) is 11.6 Å². The number of aryl methyl sites for hydroxylation is 1. The molecule has 1 amide bonds. The monoisotopic (exact) mass is 352 g/mol. The van der Waals surface area contributed by atoms with E-state index in [0.717, 1.165) is 24.4 Å². The molecule has 25 heavy (non-hydrogen) atoms. The Morgan fingerprint density at radius 3 is 2.52 bits per heavy atom. The van der Waals surface area contributed by atoms with Crippen LogP contribution in [-0.2, 0) is 10.2 Å². The second-order valence-corrected chi connectivity index (χ2v) is 9.57. The van der Waals surface area contributed by atoms with Crippen LogP contribution in [0.4, 0.5) is 5.13 Å². The maximum absolute atomic E-state index is 13.2. The molecule has 4 saturated carbocycles. The summed E-state index contributed by atoms with van der Waals surface area (Å²) in [5.41, 5.74) is 2.78. The molecule has 1 aromatic heterocycles. The number of thiazole rings is 1. The van der Waals surface area contributed by atoms with Gasteiger partial charge >= 0.3 is 0 Å². The molecule has 4 aliphatic rings. The Morgan fingerprint density at radius 1 is 1.16 bits per heavy atom. The summed E-state index contributed by atoms with van der Waals surface area (Å²) in [7, 11) is 0. The van der Waals surface area contributed by atoms with E-state index in [-0.39, 0.29) is 16.7 Å². The molecule has 6 rings (SSSR count). The first-order valence-electron chi connectivity index (χ1n) is 9.35. The largest absolute Gasteiger partial charge is 0.301 e. The zero-order chi connectivity index (χ0) is 17.1. The molecule has 1 aromatic carbocycles. The lowest BCUT2D eigenvalue weighted by Crippen LogP contribution is -2.57. The van der Waals surface area contributed by atoms with Gasteiger partial charge in [0.25, 0.3) is 0 Å². The Balaban J connectivity index is 1.50. The van der Waals surface area contributed by atoms with Crippen LogP contribution in [0, 0.1) is 24.2 Å². The average Bonchev–Trinajstić information content (AvgIpc) is 3.07. The van der Waals surface area contributed by atoms with E-state index in [0.29, 0.717) is 11.8 Å². The number of nitrogens with zero attached hydrogens (tertiary/aromatic N) is 1. The van der Waals surface area contributed by atoms with Gasteiger partial charge in [-0.15, -0.1) is 11.3 Å². The fourth-order valence-electron chi connectivity index (χ4n) is 6.29. The Hall–Kier alpha value is -1.68. The van der Waals surface area contributed by atoms with Crippen LogP contribution in [-0.4, -0.2) is 10.9 Å². The predicted octanol–water partition coefficient (Wildman–Crippen LogP) is 4.93. The number of carbonyl (C=O) groups is 1. The normalized spacial score (nSPS) is 35.7. The lowest BCUT2D eigenvalue weighted by atomic mass is 9.42. The SMILES string of the molecule is Cc1ccc(C23C[C@@H]4C[C@@H](CC(C(=O)Nc5nccs5)(C4)C2)C3)cc1. The highest BCUT2D eigenvalue weighted by atomic mass is 32.1. The van der Waals surface area contributed by atoms with Crippen LogP contribution >= 0.6 is 11.3 Å². The zero-order valence-electron chi connectivity index (χ0n) is 14.6. The zero-order valence-corrected chi connectivity index (χ0v) is 15.4. The van der Waals surface area contributed by atoms with E-state index in [1.807, 2.05) is 5.38 Å². The van der Waals surface area contributed by atoms with Gasteiger partial charge in [0.1, 0.15) is 0 Å². The van der Waals surface area contributed by atoms with Crippen molar-refractivity contribution in [1.82, 2.24) is 4.98 Å². The minimum atomic E-state index is -0.194. The first kappa shape index (κ1) is 15.6. The summed E-state index contributed by atoms with van der Waals surface area (Å²) in [5.74, 6) is 1.61. The Morgan fingerprint density at radius 2 is 1.88 bits per heavy atom. The standard InChI is InChI=1S/C21H24N2OS/c1-14-2-4-17(5-3-14)20-9-15-8-16(10-20)12-21(11-15,13-20)18(24)23-19-22-6-7-25-19/h2-7,15-16H,8-13H2,1H3,(H,22,23,24)/t15-,16+,20?,21?. The number of benzene rings is 1. The number of rotatable bonds is 3. The summed E-state index contributed by atoms with van der Waals surface area (Å²) in [6, 6.07) is 9.09. The molecular formula is C21H24N2OS. The van der Waals surface area contributed by atoms with Crippen molar-refractivity contribution >= 4 is 22.4 Å². The Kier molecular flexibility index (Phi) is 3.37. The van der Waals surface area contributed by atoms with Crippen LogP contribution in [0.1, 0.15) is 49.7 Å². The Bertz CT molecular complexity index is 782. The fourth-order valence-corrected chi connectivity index (χ4v) is 6.81. The van der Waals surface area contributed by atoms with Gasteiger partial charge in [0.05, 0.1) is 5.41 Å². The first-order chi connectivity index (χ1) is 12.1. The number of hydrogen-bond acceptors (Lipinski definition) is 3. The third kappa shape index (κ3) is 2.45. The van der Waals surface area contributed by atoms with Crippen molar-refractivity contribution in [1.29, 1.82) is 0 Å². The fraction of sp³-hybridized carbons (Fsp3) is 0.524. The van der Waals surface area contributed by atoms with Gasteiger partial charge in [-0.25, -0.2) is 4.98 Å². The summed E-state index contributed by atoms with van der Waals surface area (Å²) in [4.78, 5) is 17.5. The summed E-state index contributed by atoms with van der Waals surface area (Å²) in [5, 5.41) is 5.79. The van der Waals surface area contributed by atoms with Crippen LogP contribution in [0.15, 0.2) is 35.8 Å². The summed E-state index contributed by atoms with van der Waals surface area (Å²) >= 11 is 1.51.